The lowest BCUT2D eigenvalue weighted by molar-refractivity contribution is -0.137. The molecule has 0 amide bonds. The van der Waals surface area contributed by atoms with E-state index < -0.39 is 12.0 Å². The lowest BCUT2D eigenvalue weighted by atomic mass is 10.0. The van der Waals surface area contributed by atoms with Crippen LogP contribution in [0.15, 0.2) is 46.6 Å². The maximum Gasteiger partial charge on any atom is 0.343 e. The van der Waals surface area contributed by atoms with Gasteiger partial charge in [0.15, 0.2) is 17.7 Å². The SMILES string of the molecule is CCOC(=O)C1=C(N)[C@H](C(=O)c2ccccc2)N=C1NN. The predicted octanol–water partition coefficient (Wildman–Crippen LogP) is -0.111. The fraction of sp³-hybridized carbons (Fsp3) is 0.214. The second-order valence-corrected chi connectivity index (χ2v) is 4.31. The third-order valence-corrected chi connectivity index (χ3v) is 3.00. The quantitative estimate of drug-likeness (QED) is 0.308. The minimum absolute atomic E-state index is 0.00799. The number of Topliss-reactive ketones (excluding diaryl/α,β-unsaturated/α-hetero) is 1. The van der Waals surface area contributed by atoms with Gasteiger partial charge in [0, 0.05) is 5.56 Å². The minimum atomic E-state index is -0.974. The van der Waals surface area contributed by atoms with Gasteiger partial charge in [-0.3, -0.25) is 4.79 Å². The number of benzene rings is 1. The maximum absolute atomic E-state index is 12.4. The van der Waals surface area contributed by atoms with Crippen molar-refractivity contribution < 1.29 is 14.3 Å². The second kappa shape index (κ2) is 6.19. The summed E-state index contributed by atoms with van der Waals surface area (Å²) in [4.78, 5) is 28.4. The number of esters is 1. The molecule has 1 atom stereocenters. The minimum Gasteiger partial charge on any atom is -0.462 e. The van der Waals surface area contributed by atoms with E-state index in [4.69, 9.17) is 16.3 Å². The number of nitrogens with one attached hydrogen (secondary N) is 1. The van der Waals surface area contributed by atoms with Gasteiger partial charge in [-0.2, -0.15) is 0 Å². The van der Waals surface area contributed by atoms with Crippen LogP contribution in [0.1, 0.15) is 17.3 Å². The molecule has 1 aromatic rings. The molecule has 2 rings (SSSR count). The summed E-state index contributed by atoms with van der Waals surface area (Å²) in [7, 11) is 0. The molecule has 110 valence electrons. The largest absolute Gasteiger partial charge is 0.462 e. The normalized spacial score (nSPS) is 17.4. The number of hydrogen-bond acceptors (Lipinski definition) is 7. The first-order valence-electron chi connectivity index (χ1n) is 6.41. The molecule has 7 heteroatoms. The van der Waals surface area contributed by atoms with Gasteiger partial charge in [0.25, 0.3) is 0 Å². The molecule has 1 heterocycles. The summed E-state index contributed by atoms with van der Waals surface area (Å²) in [6.07, 6.45) is 0. The topological polar surface area (TPSA) is 120 Å². The zero-order chi connectivity index (χ0) is 15.4. The summed E-state index contributed by atoms with van der Waals surface area (Å²) in [5.41, 5.74) is 8.69. The van der Waals surface area contributed by atoms with E-state index in [1.165, 1.54) is 0 Å². The van der Waals surface area contributed by atoms with Crippen LogP contribution in [0.2, 0.25) is 0 Å². The van der Waals surface area contributed by atoms with Crippen molar-refractivity contribution in [2.45, 2.75) is 13.0 Å². The summed E-state index contributed by atoms with van der Waals surface area (Å²) >= 11 is 0. The highest BCUT2D eigenvalue weighted by Gasteiger charge is 2.35. The zero-order valence-electron chi connectivity index (χ0n) is 11.5. The van der Waals surface area contributed by atoms with Crippen molar-refractivity contribution in [1.29, 1.82) is 0 Å². The number of carbonyl (C=O) groups is 2. The van der Waals surface area contributed by atoms with Crippen molar-refractivity contribution in [2.24, 2.45) is 16.6 Å². The van der Waals surface area contributed by atoms with E-state index in [0.717, 1.165) is 0 Å². The van der Waals surface area contributed by atoms with Crippen LogP contribution in [0.3, 0.4) is 0 Å². The number of ether oxygens (including phenoxy) is 1. The number of hydrogen-bond donors (Lipinski definition) is 3. The van der Waals surface area contributed by atoms with E-state index >= 15 is 0 Å². The summed E-state index contributed by atoms with van der Waals surface area (Å²) in [6.45, 7) is 1.85. The molecule has 0 bridgehead atoms. The van der Waals surface area contributed by atoms with Gasteiger partial charge in [-0.05, 0) is 6.92 Å². The lowest BCUT2D eigenvalue weighted by Crippen LogP contribution is -2.34. The third-order valence-electron chi connectivity index (χ3n) is 3.00. The Kier molecular flexibility index (Phi) is 4.34. The second-order valence-electron chi connectivity index (χ2n) is 4.31. The molecule has 5 N–H and O–H groups in total. The van der Waals surface area contributed by atoms with Gasteiger partial charge in [0.05, 0.1) is 12.3 Å². The van der Waals surface area contributed by atoms with Gasteiger partial charge in [0.1, 0.15) is 5.57 Å². The van der Waals surface area contributed by atoms with Crippen LogP contribution in [-0.4, -0.2) is 30.2 Å². The van der Waals surface area contributed by atoms with Crippen LogP contribution in [0.4, 0.5) is 0 Å². The molecule has 0 aliphatic carbocycles. The Morgan fingerprint density at radius 1 is 1.33 bits per heavy atom. The average molecular weight is 288 g/mol. The van der Waals surface area contributed by atoms with E-state index in [2.05, 4.69) is 10.4 Å². The number of carbonyl (C=O) groups excluding carboxylic acids is 2. The van der Waals surface area contributed by atoms with Crippen molar-refractivity contribution in [2.75, 3.05) is 6.61 Å². The van der Waals surface area contributed by atoms with Crippen LogP contribution < -0.4 is 17.0 Å². The highest BCUT2D eigenvalue weighted by Crippen LogP contribution is 2.21. The maximum atomic E-state index is 12.4. The van der Waals surface area contributed by atoms with Crippen LogP contribution in [0, 0.1) is 0 Å². The van der Waals surface area contributed by atoms with E-state index in [0.29, 0.717) is 5.56 Å². The number of hydrazine groups is 1. The Hall–Kier alpha value is -2.67. The van der Waals surface area contributed by atoms with Crippen molar-refractivity contribution in [3.8, 4) is 0 Å². The van der Waals surface area contributed by atoms with Gasteiger partial charge < -0.3 is 15.9 Å². The van der Waals surface area contributed by atoms with Crippen molar-refractivity contribution in [1.82, 2.24) is 5.43 Å². The smallest absolute Gasteiger partial charge is 0.343 e. The van der Waals surface area contributed by atoms with Crippen LogP contribution >= 0.6 is 0 Å². The van der Waals surface area contributed by atoms with Crippen molar-refractivity contribution >= 4 is 17.6 Å². The number of rotatable bonds is 4. The first-order valence-corrected chi connectivity index (χ1v) is 6.41. The molecular weight excluding hydrogens is 272 g/mol. The molecular formula is C14H16N4O3. The highest BCUT2D eigenvalue weighted by molar-refractivity contribution is 6.23. The first kappa shape index (κ1) is 14.7. The molecule has 0 saturated carbocycles. The van der Waals surface area contributed by atoms with Crippen molar-refractivity contribution in [3.63, 3.8) is 0 Å². The standard InChI is InChI=1S/C14H16N4O3/c1-2-21-14(20)9-10(15)11(17-13(9)18-16)12(19)8-6-4-3-5-7-8/h3-7,11H,2,15-16H2,1H3,(H,17,18)/t11-/m1/s1. The van der Waals surface area contributed by atoms with Crippen LogP contribution in [-0.2, 0) is 9.53 Å². The molecule has 0 radical (unpaired) electrons. The fourth-order valence-corrected chi connectivity index (χ4v) is 2.02. The van der Waals surface area contributed by atoms with E-state index in [1.807, 2.05) is 0 Å². The van der Waals surface area contributed by atoms with Gasteiger partial charge >= 0.3 is 5.97 Å². The molecule has 0 fully saturated rings. The van der Waals surface area contributed by atoms with Gasteiger partial charge in [-0.25, -0.2) is 15.6 Å². The van der Waals surface area contributed by atoms with Crippen LogP contribution in [0.25, 0.3) is 0 Å². The first-order chi connectivity index (χ1) is 10.1. The molecule has 21 heavy (non-hydrogen) atoms. The highest BCUT2D eigenvalue weighted by atomic mass is 16.5. The molecule has 0 saturated heterocycles. The third kappa shape index (κ3) is 2.77. The molecule has 1 aliphatic heterocycles. The summed E-state index contributed by atoms with van der Waals surface area (Å²) < 4.78 is 4.90. The van der Waals surface area contributed by atoms with E-state index in [1.54, 1.807) is 37.3 Å². The summed E-state index contributed by atoms with van der Waals surface area (Å²) in [5.74, 6) is 4.42. The Morgan fingerprint density at radius 3 is 2.57 bits per heavy atom. The molecule has 0 spiro atoms. The Balaban J connectivity index is 2.36. The summed E-state index contributed by atoms with van der Waals surface area (Å²) in [5, 5.41) is 0. The number of nitrogens with two attached hydrogens (primary N) is 2. The van der Waals surface area contributed by atoms with Gasteiger partial charge in [-0.15, -0.1) is 0 Å². The molecule has 7 nitrogen and oxygen atoms in total. The molecule has 1 aromatic carbocycles. The predicted molar refractivity (Wildman–Crippen MR) is 77.2 cm³/mol. The van der Waals surface area contributed by atoms with Gasteiger partial charge in [-0.1, -0.05) is 30.3 Å². The monoisotopic (exact) mass is 288 g/mol. The fourth-order valence-electron chi connectivity index (χ4n) is 2.02. The number of nitrogens with zero attached hydrogens (tertiary/aromatic N) is 1. The van der Waals surface area contributed by atoms with Crippen LogP contribution in [0.5, 0.6) is 0 Å². The number of amidine groups is 1. The molecule has 1 aliphatic rings. The average Bonchev–Trinajstić information content (AvgIpc) is 2.84. The Morgan fingerprint density at radius 2 is 2.00 bits per heavy atom. The van der Waals surface area contributed by atoms with E-state index in [-0.39, 0.29) is 29.5 Å². The zero-order valence-corrected chi connectivity index (χ0v) is 11.5. The lowest BCUT2D eigenvalue weighted by Gasteiger charge is -2.08. The van der Waals surface area contributed by atoms with Gasteiger partial charge in [0.2, 0.25) is 0 Å². The Labute approximate surface area is 121 Å². The van der Waals surface area contributed by atoms with E-state index in [9.17, 15) is 9.59 Å². The van der Waals surface area contributed by atoms with Crippen molar-refractivity contribution in [3.05, 3.63) is 47.2 Å². The molecule has 0 unspecified atom stereocenters. The number of ketones is 1. The molecule has 0 aromatic heterocycles. The number of aliphatic imine (C=N–C) groups is 1. The Bertz CT molecular complexity index is 622. The summed E-state index contributed by atoms with van der Waals surface area (Å²) in [6, 6.07) is 7.61.